The van der Waals surface area contributed by atoms with E-state index in [9.17, 15) is 45.5 Å². The number of H-pyrrole nitrogens is 1. The second-order valence-corrected chi connectivity index (χ2v) is 21.1. The normalized spacial score (nSPS) is 11.1. The number of fused-ring (bicyclic) bond motifs is 2. The standard InChI is InChI=1S/C16H13F3N2O2.C12H10O.C9H10N4O.C9H10N2O.C9H11NO2.C7H6BF3O3.C7H11NO.C6H8O/c1-2-20-9-7-13-14(20)8-10-21(15(13)22)11-3-5-12(6-4-11)23-16(17,18)19;1-3-7-11(8-4-1)13-12-9-5-2-6-10-12;1-2-13-7-3-4-8(13)5-6-9(14)11-12-10;1-2-11-6-4-7-8(11)3-5-10-9(7)12;1-2-10-7-3-4-8(10)5-6-9(11)12;9-7(10,11)14-6-3-1-5(2-4-6)8(12)13;1-3-8-6-4-5-7(8)9-2;1-7-6-4-2-3-5-6/h3-10H,2H2,1H3;1-10H;3-7H,2H2,1H3;3-6H,2H2,1H3,(H,10,12);3-7H,2H2,1H3,(H,11,12);1-4,12-13H;4-6H,3H2,1-2H3;2-4H,5H2,1H3/b;;6-5+;;6-5+;;;. The molecule has 4 aromatic carbocycles. The number of carboxylic acids is 1. The van der Waals surface area contributed by atoms with Crippen molar-refractivity contribution in [1.82, 2.24) is 32.4 Å². The van der Waals surface area contributed by atoms with Crippen LogP contribution >= 0.6 is 0 Å². The number of aryl methyl sites for hydroxylation is 5. The molecular formula is C75H79BF6N10O12. The molecule has 29 heteroatoms. The molecule has 12 rings (SSSR count). The van der Waals surface area contributed by atoms with Gasteiger partial charge in [-0.2, -0.15) is 0 Å². The highest BCUT2D eigenvalue weighted by molar-refractivity contribution is 6.58. The first-order chi connectivity index (χ1) is 49.9. The summed E-state index contributed by atoms with van der Waals surface area (Å²) < 4.78 is 106. The Balaban J connectivity index is 0.000000218. The molecule has 4 N–H and O–H groups in total. The van der Waals surface area contributed by atoms with Crippen molar-refractivity contribution in [1.29, 1.82) is 0 Å². The number of alkyl halides is 6. The van der Waals surface area contributed by atoms with Gasteiger partial charge in [0.25, 0.3) is 11.1 Å². The monoisotopic (exact) mass is 1440 g/mol. The highest BCUT2D eigenvalue weighted by Gasteiger charge is 2.32. The van der Waals surface area contributed by atoms with E-state index in [1.54, 1.807) is 50.9 Å². The van der Waals surface area contributed by atoms with Crippen molar-refractivity contribution in [2.45, 2.75) is 86.5 Å². The molecule has 0 unspecified atom stereocenters. The van der Waals surface area contributed by atoms with Crippen molar-refractivity contribution < 1.29 is 74.8 Å². The van der Waals surface area contributed by atoms with E-state index >= 15 is 0 Å². The van der Waals surface area contributed by atoms with Crippen LogP contribution in [0.5, 0.6) is 28.9 Å². The summed E-state index contributed by atoms with van der Waals surface area (Å²) >= 11 is 0. The van der Waals surface area contributed by atoms with E-state index in [-0.39, 0.29) is 22.3 Å². The second kappa shape index (κ2) is 42.7. The summed E-state index contributed by atoms with van der Waals surface area (Å²) in [6, 6.07) is 47.7. The van der Waals surface area contributed by atoms with Gasteiger partial charge >= 0.3 is 25.8 Å². The summed E-state index contributed by atoms with van der Waals surface area (Å²) in [6.45, 7) is 14.4. The maximum Gasteiger partial charge on any atom is 0.573 e. The lowest BCUT2D eigenvalue weighted by Gasteiger charge is -2.10. The minimum atomic E-state index is -4.74. The number of hydrogen-bond donors (Lipinski definition) is 4. The SMILES string of the molecule is CCn1ccc2c(=O)[nH]ccc21.CCn1ccc2c(=O)n(-c3ccc(OC(F)(F)F)cc3)ccc21.CCn1cccc1/C=C/C(=O)N=[N+]=[N-].CCn1cccc1/C=C/C(=O)O.CCn1cccc1OC.COC1=CC=CC1.OB(O)c1ccc(OC(F)(F)F)cc1.c1ccc(Oc2ccccc2)cc1. The van der Waals surface area contributed by atoms with Crippen LogP contribution in [0.4, 0.5) is 26.3 Å². The van der Waals surface area contributed by atoms with E-state index in [1.165, 1.54) is 34.9 Å². The number of methoxy groups -OCH3 is 2. The van der Waals surface area contributed by atoms with Crippen molar-refractivity contribution in [3.8, 4) is 34.6 Å². The van der Waals surface area contributed by atoms with Gasteiger partial charge < -0.3 is 66.7 Å². The van der Waals surface area contributed by atoms with Crippen LogP contribution in [0.3, 0.4) is 0 Å². The summed E-state index contributed by atoms with van der Waals surface area (Å²) in [5.74, 6) is 1.49. The number of carboxylic acid groups (broad SMARTS) is 1. The molecule has 0 aliphatic heterocycles. The molecule has 0 fully saturated rings. The van der Waals surface area contributed by atoms with Crippen LogP contribution in [-0.4, -0.2) is 93.5 Å². The topological polar surface area (TPSA) is 269 Å². The number of allylic oxidation sites excluding steroid dienone is 3. The van der Waals surface area contributed by atoms with Crippen LogP contribution in [0.25, 0.3) is 50.1 Å². The third-order valence-electron chi connectivity index (χ3n) is 14.4. The van der Waals surface area contributed by atoms with Crippen molar-refractivity contribution in [2.24, 2.45) is 5.11 Å². The predicted molar refractivity (Wildman–Crippen MR) is 390 cm³/mol. The van der Waals surface area contributed by atoms with Gasteiger partial charge in [0, 0.05) is 111 Å². The van der Waals surface area contributed by atoms with Crippen LogP contribution in [0, 0.1) is 0 Å². The fourth-order valence-corrected chi connectivity index (χ4v) is 9.40. The van der Waals surface area contributed by atoms with Gasteiger partial charge in [0.1, 0.15) is 23.0 Å². The van der Waals surface area contributed by atoms with Gasteiger partial charge in [-0.3, -0.25) is 19.0 Å². The highest BCUT2D eigenvalue weighted by atomic mass is 19.4. The molecule has 22 nitrogen and oxygen atoms in total. The highest BCUT2D eigenvalue weighted by Crippen LogP contribution is 2.25. The van der Waals surface area contributed by atoms with Gasteiger partial charge in [-0.1, -0.05) is 60.7 Å². The molecule has 11 aromatic rings. The molecule has 7 heterocycles. The van der Waals surface area contributed by atoms with Crippen LogP contribution in [0.2, 0.25) is 0 Å². The number of aromatic nitrogens is 7. The molecule has 1 aliphatic carbocycles. The number of benzene rings is 4. The maximum absolute atomic E-state index is 12.5. The Labute approximate surface area is 595 Å². The third kappa shape index (κ3) is 28.0. The number of amides is 1. The lowest BCUT2D eigenvalue weighted by Crippen LogP contribution is -2.29. The van der Waals surface area contributed by atoms with E-state index in [1.807, 2.05) is 196 Å². The number of carbonyl (C=O) groups excluding carboxylic acids is 1. The summed E-state index contributed by atoms with van der Waals surface area (Å²) in [7, 11) is 1.68. The Kier molecular flexibility index (Phi) is 33.8. The molecule has 104 heavy (non-hydrogen) atoms. The summed E-state index contributed by atoms with van der Waals surface area (Å²) in [5.41, 5.74) is 12.0. The number of azide groups is 1. The zero-order valence-corrected chi connectivity index (χ0v) is 57.9. The smallest absolute Gasteiger partial charge is 0.501 e. The Bertz CT molecular complexity index is 4640. The first-order valence-electron chi connectivity index (χ1n) is 32.2. The Morgan fingerprint density at radius 2 is 1.06 bits per heavy atom. The molecular weight excluding hydrogens is 1360 g/mol. The van der Waals surface area contributed by atoms with Crippen molar-refractivity contribution >= 4 is 58.4 Å². The predicted octanol–water partition coefficient (Wildman–Crippen LogP) is 15.8. The van der Waals surface area contributed by atoms with E-state index in [4.69, 9.17) is 34.9 Å². The molecule has 0 spiro atoms. The van der Waals surface area contributed by atoms with Crippen molar-refractivity contribution in [3.05, 3.63) is 292 Å². The van der Waals surface area contributed by atoms with Gasteiger partial charge in [0.15, 0.2) is 5.88 Å². The number of nitrogens with one attached hydrogen (secondary N) is 1. The minimum Gasteiger partial charge on any atom is -0.501 e. The number of rotatable bonds is 17. The molecule has 7 aromatic heterocycles. The van der Waals surface area contributed by atoms with Crippen LogP contribution in [-0.2, 0) is 47.0 Å². The molecule has 0 radical (unpaired) electrons. The fourth-order valence-electron chi connectivity index (χ4n) is 9.40. The van der Waals surface area contributed by atoms with Crippen LogP contribution in [0.1, 0.15) is 52.4 Å². The molecule has 1 aliphatic rings. The quantitative estimate of drug-likeness (QED) is 0.0166. The zero-order valence-electron chi connectivity index (χ0n) is 57.9. The molecule has 0 atom stereocenters. The number of pyridine rings is 2. The summed E-state index contributed by atoms with van der Waals surface area (Å²) in [4.78, 5) is 49.8. The van der Waals surface area contributed by atoms with Crippen LogP contribution < -0.4 is 35.5 Å². The zero-order chi connectivity index (χ0) is 76.0. The molecule has 546 valence electrons. The second-order valence-electron chi connectivity index (χ2n) is 21.1. The van der Waals surface area contributed by atoms with Gasteiger partial charge in [0.05, 0.1) is 41.8 Å². The minimum absolute atomic E-state index is 0.0142. The number of hydrogen-bond acceptors (Lipinski definition) is 11. The lowest BCUT2D eigenvalue weighted by atomic mass is 9.80. The van der Waals surface area contributed by atoms with Gasteiger partial charge in [0.2, 0.25) is 5.91 Å². The molecule has 0 saturated carbocycles. The largest absolute Gasteiger partial charge is 0.573 e. The van der Waals surface area contributed by atoms with Gasteiger partial charge in [-0.15, -0.1) is 26.3 Å². The van der Waals surface area contributed by atoms with E-state index < -0.39 is 37.5 Å². The number of nitrogens with zero attached hydrogens (tertiary/aromatic N) is 9. The van der Waals surface area contributed by atoms with E-state index in [0.29, 0.717) is 11.1 Å². The fraction of sp³-hybridized carbons (Fsp3) is 0.200. The number of ether oxygens (including phenoxy) is 5. The Morgan fingerprint density at radius 3 is 1.50 bits per heavy atom. The maximum atomic E-state index is 12.5. The van der Waals surface area contributed by atoms with Crippen molar-refractivity contribution in [3.63, 3.8) is 0 Å². The number of carbonyl (C=O) groups is 2. The number of halogens is 6. The first kappa shape index (κ1) is 82.3. The average molecular weight is 1440 g/mol. The Morgan fingerprint density at radius 1 is 0.567 bits per heavy atom. The van der Waals surface area contributed by atoms with Gasteiger partial charge in [-0.05, 0) is 196 Å². The van der Waals surface area contributed by atoms with Crippen molar-refractivity contribution in [2.75, 3.05) is 14.2 Å². The first-order valence-corrected chi connectivity index (χ1v) is 32.2. The molecule has 0 bridgehead atoms. The number of aliphatic carboxylic acids is 1. The van der Waals surface area contributed by atoms with Gasteiger partial charge in [-0.25, -0.2) is 4.79 Å². The number of para-hydroxylation sites is 2. The number of aromatic amines is 1. The summed E-state index contributed by atoms with van der Waals surface area (Å²) in [6.07, 6.45) is 16.0. The molecule has 1 amide bonds. The Hall–Kier alpha value is -12.3. The van der Waals surface area contributed by atoms with Crippen LogP contribution in [0.15, 0.2) is 264 Å². The third-order valence-corrected chi connectivity index (χ3v) is 14.4. The summed E-state index contributed by atoms with van der Waals surface area (Å²) in [5, 5.41) is 29.9. The van der Waals surface area contributed by atoms with E-state index in [2.05, 4.69) is 44.4 Å². The van der Waals surface area contributed by atoms with E-state index in [0.717, 1.165) is 120 Å². The average Bonchev–Trinajstić information content (AvgIpc) is 1.67. The lowest BCUT2D eigenvalue weighted by molar-refractivity contribution is -0.275. The molecule has 0 saturated heterocycles.